The first-order valence-electron chi connectivity index (χ1n) is 12.1. The molecule has 2 aliphatic heterocycles. The molecule has 0 aliphatic carbocycles. The van der Waals surface area contributed by atoms with Crippen molar-refractivity contribution in [2.75, 3.05) is 13.1 Å². The summed E-state index contributed by atoms with van der Waals surface area (Å²) in [6.07, 6.45) is 10.7. The van der Waals surface area contributed by atoms with Gasteiger partial charge in [0.1, 0.15) is 11.5 Å². The summed E-state index contributed by atoms with van der Waals surface area (Å²) < 4.78 is 6.21. The summed E-state index contributed by atoms with van der Waals surface area (Å²) in [5, 5.41) is 10.6. The molecule has 4 heteroatoms. The monoisotopic (exact) mass is 482 g/mol. The summed E-state index contributed by atoms with van der Waals surface area (Å²) in [5.74, 6) is 1.24. The minimum atomic E-state index is 0.533. The van der Waals surface area contributed by atoms with Crippen LogP contribution in [0.2, 0.25) is 5.02 Å². The Balaban J connectivity index is 1.85. The van der Waals surface area contributed by atoms with Gasteiger partial charge in [-0.05, 0) is 97.1 Å². The summed E-state index contributed by atoms with van der Waals surface area (Å²) >= 11 is 6.31. The molecule has 178 valence electrons. The van der Waals surface area contributed by atoms with Crippen LogP contribution in [0.3, 0.4) is 0 Å². The lowest BCUT2D eigenvalue weighted by Gasteiger charge is -2.27. The van der Waals surface area contributed by atoms with Crippen molar-refractivity contribution >= 4 is 23.3 Å². The quantitative estimate of drug-likeness (QED) is 0.391. The second kappa shape index (κ2) is 11.0. The molecule has 0 spiro atoms. The summed E-state index contributed by atoms with van der Waals surface area (Å²) in [4.78, 5) is 2.43. The molecule has 35 heavy (non-hydrogen) atoms. The minimum absolute atomic E-state index is 0.533. The van der Waals surface area contributed by atoms with Crippen LogP contribution in [0.25, 0.3) is 11.6 Å². The maximum absolute atomic E-state index is 9.91. The number of hydrogen-bond acceptors (Lipinski definition) is 3. The van der Waals surface area contributed by atoms with Crippen LogP contribution in [0.4, 0.5) is 0 Å². The highest BCUT2D eigenvalue weighted by Crippen LogP contribution is 2.43. The molecular formula is C31H31ClN2O. The smallest absolute Gasteiger partial charge is 0.141 e. The molecule has 0 atom stereocenters. The van der Waals surface area contributed by atoms with Gasteiger partial charge in [0.2, 0.25) is 0 Å². The molecule has 0 radical (unpaired) electrons. The van der Waals surface area contributed by atoms with Crippen molar-refractivity contribution in [2.45, 2.75) is 39.2 Å². The van der Waals surface area contributed by atoms with Gasteiger partial charge in [0.25, 0.3) is 0 Å². The van der Waals surface area contributed by atoms with Gasteiger partial charge < -0.3 is 4.74 Å². The van der Waals surface area contributed by atoms with E-state index < -0.39 is 0 Å². The fourth-order valence-corrected chi connectivity index (χ4v) is 4.91. The predicted octanol–water partition coefficient (Wildman–Crippen LogP) is 8.01. The van der Waals surface area contributed by atoms with Gasteiger partial charge in [0, 0.05) is 22.7 Å². The third-order valence-corrected chi connectivity index (χ3v) is 6.95. The number of hydrogen-bond donors (Lipinski definition) is 0. The highest BCUT2D eigenvalue weighted by molar-refractivity contribution is 6.30. The summed E-state index contributed by atoms with van der Waals surface area (Å²) in [7, 11) is 0. The number of nitrogens with zero attached hydrogens (tertiary/aromatic N) is 2. The van der Waals surface area contributed by atoms with Crippen molar-refractivity contribution in [3.8, 4) is 11.8 Å². The van der Waals surface area contributed by atoms with E-state index in [-0.39, 0.29) is 0 Å². The molecule has 0 amide bonds. The van der Waals surface area contributed by atoms with Crippen LogP contribution in [0.5, 0.6) is 5.75 Å². The van der Waals surface area contributed by atoms with Crippen LogP contribution in [0.15, 0.2) is 79.1 Å². The number of ether oxygens (including phenoxy) is 1. The van der Waals surface area contributed by atoms with Crippen LogP contribution in [0, 0.1) is 18.3 Å². The molecule has 4 rings (SSSR count). The molecule has 2 aliphatic rings. The number of allylic oxidation sites excluding steroid dienone is 5. The van der Waals surface area contributed by atoms with Crippen molar-refractivity contribution in [3.63, 3.8) is 0 Å². The van der Waals surface area contributed by atoms with Crippen LogP contribution < -0.4 is 4.74 Å². The number of aryl methyl sites for hydroxylation is 1. The molecule has 1 saturated heterocycles. The van der Waals surface area contributed by atoms with E-state index in [4.69, 9.17) is 16.3 Å². The van der Waals surface area contributed by atoms with Crippen LogP contribution >= 0.6 is 11.6 Å². The second-order valence-electron chi connectivity index (χ2n) is 9.19. The number of rotatable bonds is 6. The van der Waals surface area contributed by atoms with Gasteiger partial charge >= 0.3 is 0 Å². The normalized spacial score (nSPS) is 16.4. The molecule has 0 saturated carbocycles. The van der Waals surface area contributed by atoms with E-state index in [0.29, 0.717) is 28.6 Å². The number of likely N-dealkylation sites (tertiary alicyclic amines) is 1. The van der Waals surface area contributed by atoms with Crippen LogP contribution in [0.1, 0.15) is 53.5 Å². The number of nitriles is 1. The molecule has 2 heterocycles. The number of benzene rings is 2. The Hall–Kier alpha value is -3.32. The van der Waals surface area contributed by atoms with Crippen LogP contribution in [-0.4, -0.2) is 18.0 Å². The fraction of sp³-hybridized carbons (Fsp3) is 0.258. The lowest BCUT2D eigenvalue weighted by atomic mass is 9.86. The molecule has 0 N–H and O–H groups in total. The second-order valence-corrected chi connectivity index (χ2v) is 9.62. The van der Waals surface area contributed by atoms with E-state index in [1.807, 2.05) is 36.4 Å². The summed E-state index contributed by atoms with van der Waals surface area (Å²) in [6.45, 7) is 17.2. The van der Waals surface area contributed by atoms with E-state index in [1.54, 1.807) is 6.08 Å². The third-order valence-electron chi connectivity index (χ3n) is 6.71. The Morgan fingerprint density at radius 2 is 1.91 bits per heavy atom. The molecule has 0 aromatic heterocycles. The fourth-order valence-electron chi connectivity index (χ4n) is 4.73. The third kappa shape index (κ3) is 5.51. The maximum Gasteiger partial charge on any atom is 0.141 e. The molecule has 2 aromatic carbocycles. The van der Waals surface area contributed by atoms with Gasteiger partial charge in [0.05, 0.1) is 11.6 Å². The summed E-state index contributed by atoms with van der Waals surface area (Å²) in [5.41, 5.74) is 7.25. The molecule has 1 fully saturated rings. The van der Waals surface area contributed by atoms with Crippen molar-refractivity contribution in [2.24, 2.45) is 0 Å². The van der Waals surface area contributed by atoms with Gasteiger partial charge in [-0.1, -0.05) is 56.3 Å². The minimum Gasteiger partial charge on any atom is -0.457 e. The Morgan fingerprint density at radius 1 is 1.17 bits per heavy atom. The molecule has 0 unspecified atom stereocenters. The van der Waals surface area contributed by atoms with Crippen molar-refractivity contribution < 1.29 is 4.74 Å². The van der Waals surface area contributed by atoms with Gasteiger partial charge in [-0.25, -0.2) is 0 Å². The van der Waals surface area contributed by atoms with Gasteiger partial charge in [-0.2, -0.15) is 5.26 Å². The van der Waals surface area contributed by atoms with E-state index in [1.165, 1.54) is 25.7 Å². The molecular weight excluding hydrogens is 452 g/mol. The lowest BCUT2D eigenvalue weighted by molar-refractivity contribution is 0.272. The zero-order chi connectivity index (χ0) is 24.9. The molecule has 3 nitrogen and oxygen atoms in total. The average Bonchev–Trinajstić information content (AvgIpc) is 3.12. The lowest BCUT2D eigenvalue weighted by Crippen LogP contribution is -2.25. The van der Waals surface area contributed by atoms with E-state index >= 15 is 0 Å². The van der Waals surface area contributed by atoms with E-state index in [0.717, 1.165) is 52.1 Å². The predicted molar refractivity (Wildman–Crippen MR) is 146 cm³/mol. The maximum atomic E-state index is 9.91. The topological polar surface area (TPSA) is 36.3 Å². The average molecular weight is 483 g/mol. The molecule has 2 aromatic rings. The Kier molecular flexibility index (Phi) is 7.76. The van der Waals surface area contributed by atoms with E-state index in [9.17, 15) is 5.26 Å². The summed E-state index contributed by atoms with van der Waals surface area (Å²) in [6, 6.07) is 12.1. The zero-order valence-corrected chi connectivity index (χ0v) is 21.1. The van der Waals surface area contributed by atoms with Gasteiger partial charge in [-0.3, -0.25) is 4.90 Å². The first kappa shape index (κ1) is 24.8. The molecule has 0 bridgehead atoms. The van der Waals surface area contributed by atoms with E-state index in [2.05, 4.69) is 43.7 Å². The largest absolute Gasteiger partial charge is 0.457 e. The zero-order valence-electron chi connectivity index (χ0n) is 20.4. The van der Waals surface area contributed by atoms with Crippen LogP contribution in [-0.2, 0) is 6.54 Å². The van der Waals surface area contributed by atoms with Gasteiger partial charge in [-0.15, -0.1) is 0 Å². The highest BCUT2D eigenvalue weighted by Gasteiger charge is 2.26. The number of halogens is 1. The van der Waals surface area contributed by atoms with Gasteiger partial charge in [0.15, 0.2) is 0 Å². The first-order valence-corrected chi connectivity index (χ1v) is 12.5. The van der Waals surface area contributed by atoms with Crippen molar-refractivity contribution in [1.29, 1.82) is 5.26 Å². The highest BCUT2D eigenvalue weighted by atomic mass is 35.5. The van der Waals surface area contributed by atoms with Crippen molar-refractivity contribution in [1.82, 2.24) is 4.90 Å². The number of fused-ring (bicyclic) bond motifs is 1. The first-order chi connectivity index (χ1) is 16.9. The Bertz CT molecular complexity index is 1280. The Labute approximate surface area is 214 Å². The Morgan fingerprint density at radius 3 is 2.60 bits per heavy atom. The SMILES string of the molecule is C=CC(=C)/C(=C\c1cc(Cl)ccc1C)C1=CC(=C)Oc2c1ccc(C#N)c2CN1CCCCCC1. The van der Waals surface area contributed by atoms with Crippen molar-refractivity contribution in [3.05, 3.63) is 112 Å². The standard InChI is InChI=1S/C31H31ClN2O/c1-5-21(2)28(18-25-17-26(32)12-10-22(25)3)29-16-23(4)35-31-27(29)13-11-24(19-33)30(31)20-34-14-8-6-7-9-15-34/h5,10-13,16-18H,1-2,4,6-9,14-15,20H2,3H3/b28-18+.